The van der Waals surface area contributed by atoms with Gasteiger partial charge in [0.2, 0.25) is 11.8 Å². The van der Waals surface area contributed by atoms with Crippen LogP contribution < -0.4 is 10.8 Å². The van der Waals surface area contributed by atoms with Crippen molar-refractivity contribution in [3.05, 3.63) is 0 Å². The normalized spacial score (nSPS) is 31.2. The highest BCUT2D eigenvalue weighted by molar-refractivity contribution is 5.81. The van der Waals surface area contributed by atoms with E-state index in [-0.39, 0.29) is 17.6 Å². The summed E-state index contributed by atoms with van der Waals surface area (Å²) in [6, 6.07) is -0.251. The second-order valence-corrected chi connectivity index (χ2v) is 6.61. The lowest BCUT2D eigenvalue weighted by molar-refractivity contribution is -0.135. The predicted octanol–water partition coefficient (Wildman–Crippen LogP) is 1.91. The van der Waals surface area contributed by atoms with Crippen molar-refractivity contribution >= 4 is 11.8 Å². The molecule has 1 saturated carbocycles. The fraction of sp³-hybridized carbons (Fsp3) is 0.875. The second-order valence-electron chi connectivity index (χ2n) is 6.61. The molecule has 3 N–H and O–H groups in total. The van der Waals surface area contributed by atoms with Crippen molar-refractivity contribution in [3.63, 3.8) is 0 Å². The van der Waals surface area contributed by atoms with E-state index in [2.05, 4.69) is 12.2 Å². The number of hydroxylamine groups is 1. The van der Waals surface area contributed by atoms with Gasteiger partial charge in [0.25, 0.3) is 0 Å². The molecule has 6 heteroatoms. The number of amides is 2. The van der Waals surface area contributed by atoms with E-state index in [9.17, 15) is 9.59 Å². The third kappa shape index (κ3) is 4.20. The molecule has 0 radical (unpaired) electrons. The highest BCUT2D eigenvalue weighted by Gasteiger charge is 2.49. The van der Waals surface area contributed by atoms with Gasteiger partial charge >= 0.3 is 0 Å². The van der Waals surface area contributed by atoms with Crippen molar-refractivity contribution in [1.29, 1.82) is 0 Å². The molecule has 1 aliphatic heterocycles. The van der Waals surface area contributed by atoms with E-state index in [0.29, 0.717) is 25.9 Å². The van der Waals surface area contributed by atoms with Gasteiger partial charge in [-0.15, -0.1) is 0 Å². The Balaban J connectivity index is 1.96. The van der Waals surface area contributed by atoms with Gasteiger partial charge in [0.05, 0.1) is 11.5 Å². The highest BCUT2D eigenvalue weighted by atomic mass is 16.5. The van der Waals surface area contributed by atoms with Crippen LogP contribution in [0, 0.1) is 5.92 Å². The summed E-state index contributed by atoms with van der Waals surface area (Å²) in [4.78, 5) is 24.0. The molecule has 2 rings (SSSR count). The lowest BCUT2D eigenvalue weighted by atomic mass is 9.91. The van der Waals surface area contributed by atoms with Gasteiger partial charge in [-0.25, -0.2) is 5.48 Å². The minimum Gasteiger partial charge on any atom is -0.375 e. The molecule has 1 spiro atoms. The first kappa shape index (κ1) is 17.2. The largest absolute Gasteiger partial charge is 0.375 e. The molecule has 126 valence electrons. The fourth-order valence-electron chi connectivity index (χ4n) is 3.73. The smallest absolute Gasteiger partial charge is 0.248 e. The quantitative estimate of drug-likeness (QED) is 0.397. The molecule has 3 atom stereocenters. The van der Waals surface area contributed by atoms with Crippen LogP contribution in [0.15, 0.2) is 0 Å². The van der Waals surface area contributed by atoms with Gasteiger partial charge in [0.1, 0.15) is 0 Å². The van der Waals surface area contributed by atoms with Gasteiger partial charge in [0.15, 0.2) is 0 Å². The van der Waals surface area contributed by atoms with Crippen LogP contribution >= 0.6 is 0 Å². The number of ether oxygens (including phenoxy) is 1. The SMILES string of the molecule is CCCCCC(=O)N[C@@H]1CC2(CCCCO2)C[C@@H]1C(=O)NO. The van der Waals surface area contributed by atoms with Gasteiger partial charge in [-0.2, -0.15) is 0 Å². The lowest BCUT2D eigenvalue weighted by Crippen LogP contribution is -2.43. The van der Waals surface area contributed by atoms with Crippen molar-refractivity contribution < 1.29 is 19.5 Å². The van der Waals surface area contributed by atoms with Crippen molar-refractivity contribution in [2.24, 2.45) is 5.92 Å². The van der Waals surface area contributed by atoms with Crippen molar-refractivity contribution in [2.75, 3.05) is 6.61 Å². The summed E-state index contributed by atoms with van der Waals surface area (Å²) in [7, 11) is 0. The van der Waals surface area contributed by atoms with Crippen LogP contribution in [0.4, 0.5) is 0 Å². The number of rotatable bonds is 6. The van der Waals surface area contributed by atoms with Crippen molar-refractivity contribution in [1.82, 2.24) is 10.8 Å². The zero-order valence-corrected chi connectivity index (χ0v) is 13.4. The van der Waals surface area contributed by atoms with E-state index in [1.165, 1.54) is 0 Å². The topological polar surface area (TPSA) is 87.7 Å². The molecule has 1 saturated heterocycles. The summed E-state index contributed by atoms with van der Waals surface area (Å²) >= 11 is 0. The summed E-state index contributed by atoms with van der Waals surface area (Å²) in [5, 5.41) is 11.9. The second kappa shape index (κ2) is 7.92. The van der Waals surface area contributed by atoms with Crippen LogP contribution in [0.25, 0.3) is 0 Å². The number of carbonyl (C=O) groups is 2. The zero-order chi connectivity index (χ0) is 16.0. The summed E-state index contributed by atoms with van der Waals surface area (Å²) < 4.78 is 5.95. The number of unbranched alkanes of at least 4 members (excludes halogenated alkanes) is 2. The first-order valence-corrected chi connectivity index (χ1v) is 8.47. The van der Waals surface area contributed by atoms with Crippen molar-refractivity contribution in [2.45, 2.75) is 76.4 Å². The van der Waals surface area contributed by atoms with Crippen LogP contribution in [0.1, 0.15) is 64.7 Å². The molecule has 2 amide bonds. The summed E-state index contributed by atoms with van der Waals surface area (Å²) in [6.45, 7) is 2.81. The third-order valence-electron chi connectivity index (χ3n) is 4.91. The van der Waals surface area contributed by atoms with Gasteiger partial charge in [-0.1, -0.05) is 19.8 Å². The van der Waals surface area contributed by atoms with Gasteiger partial charge < -0.3 is 10.1 Å². The molecule has 0 aromatic carbocycles. The molecule has 2 aliphatic rings. The van der Waals surface area contributed by atoms with Crippen LogP contribution in [-0.4, -0.2) is 35.3 Å². The standard InChI is InChI=1S/C16H28N2O4/c1-2-3-4-7-14(19)17-13-11-16(8-5-6-9-22-16)10-12(13)15(20)18-21/h12-13,21H,2-11H2,1H3,(H,17,19)(H,18,20)/t12-,13+,16?/m0/s1. The van der Waals surface area contributed by atoms with Crippen LogP contribution in [0.5, 0.6) is 0 Å². The van der Waals surface area contributed by atoms with E-state index in [4.69, 9.17) is 9.94 Å². The maximum atomic E-state index is 12.1. The van der Waals surface area contributed by atoms with Gasteiger partial charge in [0, 0.05) is 19.1 Å². The molecule has 1 unspecified atom stereocenters. The van der Waals surface area contributed by atoms with Gasteiger partial charge in [-0.3, -0.25) is 14.8 Å². The maximum absolute atomic E-state index is 12.1. The van der Waals surface area contributed by atoms with E-state index in [1.54, 1.807) is 5.48 Å². The summed E-state index contributed by atoms with van der Waals surface area (Å²) in [6.07, 6.45) is 7.75. The minimum atomic E-state index is -0.426. The summed E-state index contributed by atoms with van der Waals surface area (Å²) in [5.41, 5.74) is 1.43. The molecule has 1 heterocycles. The molecular weight excluding hydrogens is 284 g/mol. The monoisotopic (exact) mass is 312 g/mol. The molecule has 0 aromatic rings. The number of carbonyl (C=O) groups excluding carboxylic acids is 2. The number of nitrogens with one attached hydrogen (secondary N) is 2. The number of hydrogen-bond acceptors (Lipinski definition) is 4. The van der Waals surface area contributed by atoms with Gasteiger partial charge in [-0.05, 0) is 38.5 Å². The molecule has 6 nitrogen and oxygen atoms in total. The lowest BCUT2D eigenvalue weighted by Gasteiger charge is -2.33. The minimum absolute atomic E-state index is 0.0120. The molecule has 0 bridgehead atoms. The van der Waals surface area contributed by atoms with Crippen LogP contribution in [0.2, 0.25) is 0 Å². The maximum Gasteiger partial charge on any atom is 0.248 e. The van der Waals surface area contributed by atoms with Crippen LogP contribution in [-0.2, 0) is 14.3 Å². The Morgan fingerprint density at radius 1 is 1.27 bits per heavy atom. The summed E-state index contributed by atoms with van der Waals surface area (Å²) in [5.74, 6) is -0.856. The molecule has 22 heavy (non-hydrogen) atoms. The Morgan fingerprint density at radius 3 is 2.73 bits per heavy atom. The Kier molecular flexibility index (Phi) is 6.20. The van der Waals surface area contributed by atoms with E-state index in [0.717, 1.165) is 38.5 Å². The Labute approximate surface area is 131 Å². The molecule has 0 aromatic heterocycles. The first-order valence-electron chi connectivity index (χ1n) is 8.47. The van der Waals surface area contributed by atoms with Crippen molar-refractivity contribution in [3.8, 4) is 0 Å². The predicted molar refractivity (Wildman–Crippen MR) is 81.3 cm³/mol. The Hall–Kier alpha value is -1.14. The Morgan fingerprint density at radius 2 is 2.09 bits per heavy atom. The molecule has 2 fully saturated rings. The average Bonchev–Trinajstić information content (AvgIpc) is 2.85. The molecule has 1 aliphatic carbocycles. The first-order chi connectivity index (χ1) is 10.6. The van der Waals surface area contributed by atoms with E-state index in [1.807, 2.05) is 0 Å². The zero-order valence-electron chi connectivity index (χ0n) is 13.4. The van der Waals surface area contributed by atoms with E-state index >= 15 is 0 Å². The highest BCUT2D eigenvalue weighted by Crippen LogP contribution is 2.43. The fourth-order valence-corrected chi connectivity index (χ4v) is 3.73. The Bertz CT molecular complexity index is 394. The third-order valence-corrected chi connectivity index (χ3v) is 4.91. The van der Waals surface area contributed by atoms with E-state index < -0.39 is 11.8 Å². The average molecular weight is 312 g/mol. The molecular formula is C16H28N2O4. The number of hydrogen-bond donors (Lipinski definition) is 3. The van der Waals surface area contributed by atoms with Crippen LogP contribution in [0.3, 0.4) is 0 Å².